The summed E-state index contributed by atoms with van der Waals surface area (Å²) in [7, 11) is 0. The monoisotopic (exact) mass is 258 g/mol. The zero-order valence-electron chi connectivity index (χ0n) is 10.8. The highest BCUT2D eigenvalue weighted by Gasteiger charge is 2.55. The second-order valence-electron chi connectivity index (χ2n) is 5.94. The van der Waals surface area contributed by atoms with Crippen molar-refractivity contribution >= 4 is 11.9 Å². The Balaban J connectivity index is 0.000000203. The number of carboxylic acids is 2. The molecule has 2 bridgehead atoms. The zero-order valence-corrected chi connectivity index (χ0v) is 10.8. The van der Waals surface area contributed by atoms with Crippen LogP contribution in [-0.2, 0) is 9.59 Å². The molecule has 0 aromatic rings. The maximum Gasteiger partial charge on any atom is 0.323 e. The van der Waals surface area contributed by atoms with E-state index in [-0.39, 0.29) is 6.04 Å². The van der Waals surface area contributed by atoms with Gasteiger partial charge in [-0.25, -0.2) is 0 Å². The van der Waals surface area contributed by atoms with Gasteiger partial charge in [-0.3, -0.25) is 9.59 Å². The first-order valence-corrected chi connectivity index (χ1v) is 6.11. The van der Waals surface area contributed by atoms with Gasteiger partial charge in [-0.1, -0.05) is 0 Å². The van der Waals surface area contributed by atoms with Crippen LogP contribution in [0.3, 0.4) is 0 Å². The van der Waals surface area contributed by atoms with E-state index in [2.05, 4.69) is 0 Å². The van der Waals surface area contributed by atoms with Crippen LogP contribution in [0.4, 0.5) is 0 Å². The van der Waals surface area contributed by atoms with Crippen molar-refractivity contribution in [3.8, 4) is 0 Å². The van der Waals surface area contributed by atoms with E-state index in [1.54, 1.807) is 0 Å². The van der Waals surface area contributed by atoms with E-state index >= 15 is 0 Å². The second-order valence-corrected chi connectivity index (χ2v) is 5.94. The van der Waals surface area contributed by atoms with Gasteiger partial charge in [-0.15, -0.1) is 0 Å². The molecule has 2 fully saturated rings. The average molecular weight is 258 g/mol. The number of hydrogen-bond donors (Lipinski definition) is 4. The van der Waals surface area contributed by atoms with Crippen LogP contribution in [0, 0.1) is 11.3 Å². The Labute approximate surface area is 106 Å². The summed E-state index contributed by atoms with van der Waals surface area (Å²) in [6.45, 7) is 2.88. The predicted molar refractivity (Wildman–Crippen MR) is 65.9 cm³/mol. The number of carbonyl (C=O) groups is 2. The van der Waals surface area contributed by atoms with E-state index in [1.165, 1.54) is 13.8 Å². The Morgan fingerprint density at radius 2 is 1.83 bits per heavy atom. The Hall–Kier alpha value is -1.14. The van der Waals surface area contributed by atoms with Crippen molar-refractivity contribution in [2.24, 2.45) is 22.8 Å². The molecule has 6 N–H and O–H groups in total. The highest BCUT2D eigenvalue weighted by atomic mass is 16.4. The fourth-order valence-corrected chi connectivity index (χ4v) is 2.66. The molecule has 0 radical (unpaired) electrons. The largest absolute Gasteiger partial charge is 0.481 e. The summed E-state index contributed by atoms with van der Waals surface area (Å²) in [6.07, 6.45) is 3.62. The minimum Gasteiger partial charge on any atom is -0.481 e. The van der Waals surface area contributed by atoms with Gasteiger partial charge in [0.05, 0.1) is 5.41 Å². The van der Waals surface area contributed by atoms with Crippen molar-refractivity contribution in [2.45, 2.75) is 51.1 Å². The van der Waals surface area contributed by atoms with Crippen molar-refractivity contribution in [3.63, 3.8) is 0 Å². The first-order valence-electron chi connectivity index (χ1n) is 6.11. The minimum atomic E-state index is -1.08. The van der Waals surface area contributed by atoms with E-state index in [0.717, 1.165) is 25.7 Å². The second kappa shape index (κ2) is 4.85. The Kier molecular flexibility index (Phi) is 4.02. The first-order chi connectivity index (χ1) is 8.09. The van der Waals surface area contributed by atoms with Crippen molar-refractivity contribution in [3.05, 3.63) is 0 Å². The summed E-state index contributed by atoms with van der Waals surface area (Å²) in [5.41, 5.74) is 9.23. The number of carboxylic acid groups (broad SMARTS) is 2. The van der Waals surface area contributed by atoms with Crippen LogP contribution in [0.15, 0.2) is 0 Å². The maximum atomic E-state index is 10.9. The van der Waals surface area contributed by atoms with Crippen LogP contribution < -0.4 is 11.5 Å². The molecule has 2 saturated carbocycles. The lowest BCUT2D eigenvalue weighted by molar-refractivity contribution is -0.149. The van der Waals surface area contributed by atoms with Gasteiger partial charge in [0.25, 0.3) is 0 Å². The molecule has 2 aliphatic rings. The third kappa shape index (κ3) is 2.81. The molecule has 2 rings (SSSR count). The molecule has 0 aromatic carbocycles. The number of rotatable bonds is 2. The van der Waals surface area contributed by atoms with E-state index in [4.69, 9.17) is 21.7 Å². The molecule has 0 aliphatic heterocycles. The molecule has 0 aromatic heterocycles. The lowest BCUT2D eigenvalue weighted by Gasteiger charge is -2.27. The maximum absolute atomic E-state index is 10.9. The molecule has 0 heterocycles. The molecule has 0 saturated heterocycles. The SMILES string of the molecule is CC(C)(N)C(=O)O.NC1CC2CCC1(C(=O)O)C2. The average Bonchev–Trinajstić information content (AvgIpc) is 2.74. The highest BCUT2D eigenvalue weighted by Crippen LogP contribution is 2.53. The van der Waals surface area contributed by atoms with Gasteiger partial charge in [-0.05, 0) is 45.4 Å². The molecule has 104 valence electrons. The van der Waals surface area contributed by atoms with Crippen molar-refractivity contribution in [1.82, 2.24) is 0 Å². The highest BCUT2D eigenvalue weighted by molar-refractivity contribution is 5.77. The molecule has 18 heavy (non-hydrogen) atoms. The summed E-state index contributed by atoms with van der Waals surface area (Å²) < 4.78 is 0. The quantitative estimate of drug-likeness (QED) is 0.567. The fraction of sp³-hybridized carbons (Fsp3) is 0.833. The summed E-state index contributed by atoms with van der Waals surface area (Å²) in [5, 5.41) is 17.1. The smallest absolute Gasteiger partial charge is 0.323 e. The predicted octanol–water partition coefficient (Wildman–Crippen LogP) is 0.397. The third-order valence-corrected chi connectivity index (χ3v) is 3.93. The normalized spacial score (nSPS) is 33.8. The molecule has 6 heteroatoms. The zero-order chi connectivity index (χ0) is 14.1. The van der Waals surface area contributed by atoms with Gasteiger partial charge in [0.1, 0.15) is 5.54 Å². The lowest BCUT2D eigenvalue weighted by atomic mass is 9.80. The van der Waals surface area contributed by atoms with Crippen LogP contribution in [0.25, 0.3) is 0 Å². The van der Waals surface area contributed by atoms with Crippen molar-refractivity contribution in [1.29, 1.82) is 0 Å². The van der Waals surface area contributed by atoms with E-state index in [1.807, 2.05) is 0 Å². The van der Waals surface area contributed by atoms with Gasteiger partial charge in [0.15, 0.2) is 0 Å². The van der Waals surface area contributed by atoms with E-state index < -0.39 is 22.9 Å². The van der Waals surface area contributed by atoms with Crippen LogP contribution in [-0.4, -0.2) is 33.7 Å². The van der Waals surface area contributed by atoms with Gasteiger partial charge in [-0.2, -0.15) is 0 Å². The number of nitrogens with two attached hydrogens (primary N) is 2. The summed E-state index contributed by atoms with van der Waals surface area (Å²) in [5.74, 6) is -1.06. The van der Waals surface area contributed by atoms with Crippen LogP contribution in [0.5, 0.6) is 0 Å². The topological polar surface area (TPSA) is 127 Å². The van der Waals surface area contributed by atoms with Crippen LogP contribution in [0.1, 0.15) is 39.5 Å². The number of fused-ring (bicyclic) bond motifs is 2. The molecular formula is C12H22N2O4. The molecule has 2 aliphatic carbocycles. The van der Waals surface area contributed by atoms with Crippen LogP contribution in [0.2, 0.25) is 0 Å². The van der Waals surface area contributed by atoms with Crippen LogP contribution >= 0.6 is 0 Å². The lowest BCUT2D eigenvalue weighted by Crippen LogP contribution is -2.43. The Morgan fingerprint density at radius 3 is 2.00 bits per heavy atom. The standard InChI is InChI=1S/C8H13NO2.C4H9NO2/c9-6-3-5-1-2-8(6,4-5)7(10)11;1-4(2,5)3(6)7/h5-6H,1-4,9H2,(H,10,11);5H2,1-2H3,(H,6,7). The van der Waals surface area contributed by atoms with Crippen molar-refractivity contribution in [2.75, 3.05) is 0 Å². The summed E-state index contributed by atoms with van der Waals surface area (Å²) >= 11 is 0. The minimum absolute atomic E-state index is 0.0845. The molecule has 0 amide bonds. The fourth-order valence-electron chi connectivity index (χ4n) is 2.66. The molecule has 0 spiro atoms. The Morgan fingerprint density at radius 1 is 1.33 bits per heavy atom. The Bertz CT molecular complexity index is 350. The summed E-state index contributed by atoms with van der Waals surface area (Å²) in [4.78, 5) is 20.8. The van der Waals surface area contributed by atoms with Gasteiger partial charge in [0, 0.05) is 6.04 Å². The third-order valence-electron chi connectivity index (χ3n) is 3.93. The number of hydrogen-bond acceptors (Lipinski definition) is 4. The van der Waals surface area contributed by atoms with E-state index in [0.29, 0.717) is 5.92 Å². The van der Waals surface area contributed by atoms with Gasteiger partial charge in [0.2, 0.25) is 0 Å². The van der Waals surface area contributed by atoms with Gasteiger partial charge < -0.3 is 21.7 Å². The number of aliphatic carboxylic acids is 2. The summed E-state index contributed by atoms with van der Waals surface area (Å²) in [6, 6.07) is -0.0845. The first kappa shape index (κ1) is 14.9. The van der Waals surface area contributed by atoms with Gasteiger partial charge >= 0.3 is 11.9 Å². The molecular weight excluding hydrogens is 236 g/mol. The molecule has 3 atom stereocenters. The van der Waals surface area contributed by atoms with E-state index in [9.17, 15) is 9.59 Å². The van der Waals surface area contributed by atoms with Crippen molar-refractivity contribution < 1.29 is 19.8 Å². The molecule has 6 nitrogen and oxygen atoms in total. The molecule has 3 unspecified atom stereocenters.